The van der Waals surface area contributed by atoms with Crippen LogP contribution >= 0.6 is 12.6 Å². The van der Waals surface area contributed by atoms with Crippen LogP contribution in [-0.4, -0.2) is 35.3 Å². The zero-order valence-corrected chi connectivity index (χ0v) is 18.2. The van der Waals surface area contributed by atoms with Gasteiger partial charge in [-0.1, -0.05) is 60.7 Å². The smallest absolute Gasteiger partial charge is 0.323 e. The summed E-state index contributed by atoms with van der Waals surface area (Å²) in [5, 5.41) is 21.7. The molecule has 3 aromatic carbocycles. The lowest BCUT2D eigenvalue weighted by Gasteiger charge is -2.26. The Kier molecular flexibility index (Phi) is 8.03. The molecule has 0 saturated carbocycles. The molecule has 0 aliphatic heterocycles. The van der Waals surface area contributed by atoms with Gasteiger partial charge in [0, 0.05) is 18.0 Å². The van der Waals surface area contributed by atoms with E-state index < -0.39 is 18.6 Å². The van der Waals surface area contributed by atoms with E-state index in [0.29, 0.717) is 17.8 Å². The molecule has 3 aromatic rings. The molecular formula is C25H23N3O3S. The van der Waals surface area contributed by atoms with Gasteiger partial charge >= 0.3 is 5.97 Å². The highest BCUT2D eigenvalue weighted by atomic mass is 32.1. The Labute approximate surface area is 192 Å². The van der Waals surface area contributed by atoms with Gasteiger partial charge in [0.25, 0.3) is 0 Å². The standard InChI is InChI=1S/C25H23N3O3S/c26-14-20-6-4-5-9-22(20)19-12-10-18(11-13-19)15-27-23(17-32)25(31)28(16-24(29)30)21-7-2-1-3-8-21/h1-13,23,27,32H,15-17H2,(H,29,30)/t23-/m0/s1. The predicted octanol–water partition coefficient (Wildman–Crippen LogP) is 3.73. The number of carbonyl (C=O) groups excluding carboxylic acids is 1. The summed E-state index contributed by atoms with van der Waals surface area (Å²) in [4.78, 5) is 25.6. The van der Waals surface area contributed by atoms with Crippen molar-refractivity contribution in [3.05, 3.63) is 90.0 Å². The molecule has 0 unspecified atom stereocenters. The van der Waals surface area contributed by atoms with E-state index in [-0.39, 0.29) is 11.7 Å². The van der Waals surface area contributed by atoms with E-state index in [1.807, 2.05) is 42.5 Å². The Balaban J connectivity index is 1.71. The Morgan fingerprint density at radius 1 is 1.00 bits per heavy atom. The van der Waals surface area contributed by atoms with Gasteiger partial charge in [-0.2, -0.15) is 17.9 Å². The van der Waals surface area contributed by atoms with Gasteiger partial charge < -0.3 is 10.4 Å². The molecule has 7 heteroatoms. The second-order valence-electron chi connectivity index (χ2n) is 7.12. The number of thiol groups is 1. The number of carboxylic acids is 1. The fourth-order valence-corrected chi connectivity index (χ4v) is 3.62. The molecule has 0 aliphatic rings. The van der Waals surface area contributed by atoms with Crippen LogP contribution in [-0.2, 0) is 16.1 Å². The topological polar surface area (TPSA) is 93.4 Å². The van der Waals surface area contributed by atoms with Crippen LogP contribution in [0.2, 0.25) is 0 Å². The van der Waals surface area contributed by atoms with Gasteiger partial charge in [-0.15, -0.1) is 0 Å². The summed E-state index contributed by atoms with van der Waals surface area (Å²) in [6.45, 7) is -0.0192. The number of amides is 1. The molecule has 0 saturated heterocycles. The van der Waals surface area contributed by atoms with E-state index in [1.165, 1.54) is 4.90 Å². The number of carbonyl (C=O) groups is 2. The maximum Gasteiger partial charge on any atom is 0.323 e. The van der Waals surface area contributed by atoms with Gasteiger partial charge in [0.2, 0.25) is 5.91 Å². The van der Waals surface area contributed by atoms with Crippen molar-refractivity contribution in [2.45, 2.75) is 12.6 Å². The third-order valence-corrected chi connectivity index (χ3v) is 5.34. The van der Waals surface area contributed by atoms with Crippen LogP contribution < -0.4 is 10.2 Å². The van der Waals surface area contributed by atoms with Crippen LogP contribution in [0, 0.1) is 11.3 Å². The maximum absolute atomic E-state index is 13.1. The molecule has 0 aliphatic carbocycles. The number of hydrogen-bond donors (Lipinski definition) is 3. The van der Waals surface area contributed by atoms with Crippen LogP contribution in [0.25, 0.3) is 11.1 Å². The maximum atomic E-state index is 13.1. The van der Waals surface area contributed by atoms with Gasteiger partial charge in [-0.3, -0.25) is 14.5 Å². The van der Waals surface area contributed by atoms with Crippen LogP contribution in [0.5, 0.6) is 0 Å². The SMILES string of the molecule is N#Cc1ccccc1-c1ccc(CN[C@@H](CS)C(=O)N(CC(=O)O)c2ccccc2)cc1. The van der Waals surface area contributed by atoms with Crippen molar-refractivity contribution in [3.8, 4) is 17.2 Å². The number of nitrogens with one attached hydrogen (secondary N) is 1. The first-order valence-corrected chi connectivity index (χ1v) is 10.7. The van der Waals surface area contributed by atoms with Crippen molar-refractivity contribution >= 4 is 30.2 Å². The highest BCUT2D eigenvalue weighted by molar-refractivity contribution is 7.80. The number of nitriles is 1. The number of carboxylic acid groups (broad SMARTS) is 1. The first-order chi connectivity index (χ1) is 15.5. The van der Waals surface area contributed by atoms with Gasteiger partial charge in [0.15, 0.2) is 0 Å². The summed E-state index contributed by atoms with van der Waals surface area (Å²) in [5.41, 5.74) is 3.88. The van der Waals surface area contributed by atoms with Crippen molar-refractivity contribution in [1.29, 1.82) is 5.26 Å². The number of rotatable bonds is 9. The molecule has 2 N–H and O–H groups in total. The first kappa shape index (κ1) is 23.1. The van der Waals surface area contributed by atoms with E-state index in [0.717, 1.165) is 16.7 Å². The minimum atomic E-state index is -1.09. The lowest BCUT2D eigenvalue weighted by Crippen LogP contribution is -2.49. The number of nitrogens with zero attached hydrogens (tertiary/aromatic N) is 2. The number of aliphatic carboxylic acids is 1. The lowest BCUT2D eigenvalue weighted by atomic mass is 9.99. The molecule has 6 nitrogen and oxygen atoms in total. The molecule has 3 rings (SSSR count). The Hall–Kier alpha value is -3.60. The van der Waals surface area contributed by atoms with Gasteiger partial charge in [-0.25, -0.2) is 0 Å². The number of anilines is 1. The molecule has 0 spiro atoms. The van der Waals surface area contributed by atoms with E-state index in [4.69, 9.17) is 0 Å². The fourth-order valence-electron chi connectivity index (χ4n) is 3.33. The monoisotopic (exact) mass is 445 g/mol. The summed E-state index contributed by atoms with van der Waals surface area (Å²) in [6, 6.07) is 25.4. The Morgan fingerprint density at radius 2 is 1.66 bits per heavy atom. The molecule has 32 heavy (non-hydrogen) atoms. The highest BCUT2D eigenvalue weighted by Crippen LogP contribution is 2.23. The third-order valence-electron chi connectivity index (χ3n) is 4.97. The third kappa shape index (κ3) is 5.76. The van der Waals surface area contributed by atoms with E-state index >= 15 is 0 Å². The van der Waals surface area contributed by atoms with Crippen molar-refractivity contribution in [2.24, 2.45) is 0 Å². The zero-order valence-electron chi connectivity index (χ0n) is 17.3. The second-order valence-corrected chi connectivity index (χ2v) is 7.49. The first-order valence-electron chi connectivity index (χ1n) is 10.0. The minimum Gasteiger partial charge on any atom is -0.480 e. The number of para-hydroxylation sites is 1. The Morgan fingerprint density at radius 3 is 2.28 bits per heavy atom. The van der Waals surface area contributed by atoms with Crippen LogP contribution in [0.1, 0.15) is 11.1 Å². The second kappa shape index (κ2) is 11.1. The summed E-state index contributed by atoms with van der Waals surface area (Å²) >= 11 is 4.30. The molecule has 1 amide bonds. The average Bonchev–Trinajstić information content (AvgIpc) is 2.83. The summed E-state index contributed by atoms with van der Waals surface area (Å²) in [7, 11) is 0. The fraction of sp³-hybridized carbons (Fsp3) is 0.160. The summed E-state index contributed by atoms with van der Waals surface area (Å²) < 4.78 is 0. The number of benzene rings is 3. The summed E-state index contributed by atoms with van der Waals surface area (Å²) in [5.74, 6) is -1.23. The quantitative estimate of drug-likeness (QED) is 0.437. The zero-order chi connectivity index (χ0) is 22.9. The van der Waals surface area contributed by atoms with Gasteiger partial charge in [0.05, 0.1) is 17.7 Å². The molecular weight excluding hydrogens is 422 g/mol. The van der Waals surface area contributed by atoms with Crippen LogP contribution in [0.15, 0.2) is 78.9 Å². The molecule has 1 atom stereocenters. The number of hydrogen-bond acceptors (Lipinski definition) is 5. The molecule has 0 aromatic heterocycles. The molecule has 162 valence electrons. The Bertz CT molecular complexity index is 1110. The largest absolute Gasteiger partial charge is 0.480 e. The van der Waals surface area contributed by atoms with Gasteiger partial charge in [0.1, 0.15) is 6.54 Å². The minimum absolute atomic E-state index is 0.218. The van der Waals surface area contributed by atoms with Gasteiger partial charge in [-0.05, 0) is 34.9 Å². The lowest BCUT2D eigenvalue weighted by molar-refractivity contribution is -0.136. The molecule has 0 fully saturated rings. The van der Waals surface area contributed by atoms with Crippen molar-refractivity contribution in [2.75, 3.05) is 17.2 Å². The molecule has 0 bridgehead atoms. The highest BCUT2D eigenvalue weighted by Gasteiger charge is 2.26. The van der Waals surface area contributed by atoms with Crippen molar-refractivity contribution in [1.82, 2.24) is 5.32 Å². The van der Waals surface area contributed by atoms with Crippen molar-refractivity contribution in [3.63, 3.8) is 0 Å². The van der Waals surface area contributed by atoms with E-state index in [2.05, 4.69) is 24.0 Å². The van der Waals surface area contributed by atoms with Crippen LogP contribution in [0.4, 0.5) is 5.69 Å². The van der Waals surface area contributed by atoms with Crippen molar-refractivity contribution < 1.29 is 14.7 Å². The van der Waals surface area contributed by atoms with E-state index in [9.17, 15) is 20.0 Å². The predicted molar refractivity (Wildman–Crippen MR) is 128 cm³/mol. The van der Waals surface area contributed by atoms with E-state index in [1.54, 1.807) is 36.4 Å². The summed E-state index contributed by atoms with van der Waals surface area (Å²) in [6.07, 6.45) is 0. The average molecular weight is 446 g/mol. The molecule has 0 heterocycles. The van der Waals surface area contributed by atoms with Crippen LogP contribution in [0.3, 0.4) is 0 Å². The normalized spacial score (nSPS) is 11.4. The molecule has 0 radical (unpaired) electrons.